The van der Waals surface area contributed by atoms with Crippen molar-refractivity contribution in [2.45, 2.75) is 6.92 Å². The van der Waals surface area contributed by atoms with Crippen molar-refractivity contribution in [2.75, 3.05) is 24.7 Å². The fourth-order valence-electron chi connectivity index (χ4n) is 0.880. The summed E-state index contributed by atoms with van der Waals surface area (Å²) in [5.41, 5.74) is 5.77. The topological polar surface area (TPSA) is 90.4 Å². The highest BCUT2D eigenvalue weighted by molar-refractivity contribution is 5.95. The second-order valence-electron chi connectivity index (χ2n) is 2.24. The zero-order chi connectivity index (χ0) is 9.84. The van der Waals surface area contributed by atoms with Crippen molar-refractivity contribution in [3.8, 4) is 0 Å². The van der Waals surface area contributed by atoms with Gasteiger partial charge < -0.3 is 20.3 Å². The van der Waals surface area contributed by atoms with E-state index in [-0.39, 0.29) is 18.2 Å². The molecule has 3 N–H and O–H groups in total. The number of ether oxygens (including phenoxy) is 1. The van der Waals surface area contributed by atoms with Gasteiger partial charge in [-0.2, -0.15) is 0 Å². The lowest BCUT2D eigenvalue weighted by molar-refractivity contribution is 0.0481. The number of anilines is 2. The van der Waals surface area contributed by atoms with Gasteiger partial charge in [0.1, 0.15) is 5.69 Å². The smallest absolute Gasteiger partial charge is 0.379 e. The third kappa shape index (κ3) is 1.71. The van der Waals surface area contributed by atoms with E-state index in [9.17, 15) is 4.79 Å². The first-order valence-electron chi connectivity index (χ1n) is 3.80. The Hall–Kier alpha value is -1.72. The van der Waals surface area contributed by atoms with Gasteiger partial charge in [0, 0.05) is 7.05 Å². The normalized spacial score (nSPS) is 9.69. The lowest BCUT2D eigenvalue weighted by atomic mass is 10.3. The molecular formula is C7H11N3O3. The molecule has 0 fully saturated rings. The van der Waals surface area contributed by atoms with Crippen molar-refractivity contribution >= 4 is 17.5 Å². The van der Waals surface area contributed by atoms with E-state index in [0.717, 1.165) is 0 Å². The van der Waals surface area contributed by atoms with E-state index in [0.29, 0.717) is 5.69 Å². The van der Waals surface area contributed by atoms with Gasteiger partial charge in [0.15, 0.2) is 5.82 Å². The van der Waals surface area contributed by atoms with E-state index in [1.54, 1.807) is 14.0 Å². The molecule has 0 aliphatic heterocycles. The van der Waals surface area contributed by atoms with Crippen LogP contribution in [0.3, 0.4) is 0 Å². The third-order valence-corrected chi connectivity index (χ3v) is 1.43. The number of rotatable bonds is 3. The van der Waals surface area contributed by atoms with Crippen molar-refractivity contribution in [2.24, 2.45) is 0 Å². The molecule has 1 aromatic rings. The Morgan fingerprint density at radius 3 is 3.00 bits per heavy atom. The molecule has 1 heterocycles. The summed E-state index contributed by atoms with van der Waals surface area (Å²) in [5, 5.41) is 6.13. The minimum atomic E-state index is -0.573. The van der Waals surface area contributed by atoms with E-state index in [1.807, 2.05) is 0 Å². The van der Waals surface area contributed by atoms with Gasteiger partial charge in [-0.05, 0) is 6.92 Å². The lowest BCUT2D eigenvalue weighted by Gasteiger charge is -1.99. The maximum Gasteiger partial charge on any atom is 0.379 e. The van der Waals surface area contributed by atoms with Crippen LogP contribution in [0.15, 0.2) is 4.52 Å². The fourth-order valence-corrected chi connectivity index (χ4v) is 0.880. The quantitative estimate of drug-likeness (QED) is 0.665. The summed E-state index contributed by atoms with van der Waals surface area (Å²) in [7, 11) is 1.62. The van der Waals surface area contributed by atoms with Crippen LogP contribution in [0.4, 0.5) is 11.5 Å². The molecule has 0 saturated heterocycles. The Labute approximate surface area is 75.0 Å². The average Bonchev–Trinajstić information content (AvgIpc) is 2.47. The third-order valence-electron chi connectivity index (χ3n) is 1.43. The molecule has 0 radical (unpaired) electrons. The van der Waals surface area contributed by atoms with Gasteiger partial charge in [-0.3, -0.25) is 0 Å². The zero-order valence-electron chi connectivity index (χ0n) is 7.46. The number of nitrogen functional groups attached to an aromatic ring is 1. The largest absolute Gasteiger partial charge is 0.460 e. The molecule has 1 rings (SSSR count). The molecule has 0 amide bonds. The Morgan fingerprint density at radius 1 is 1.77 bits per heavy atom. The first kappa shape index (κ1) is 9.37. The van der Waals surface area contributed by atoms with Gasteiger partial charge in [0.2, 0.25) is 0 Å². The van der Waals surface area contributed by atoms with Gasteiger partial charge in [-0.25, -0.2) is 4.79 Å². The van der Waals surface area contributed by atoms with E-state index in [4.69, 9.17) is 10.5 Å². The van der Waals surface area contributed by atoms with Crippen molar-refractivity contribution in [1.29, 1.82) is 0 Å². The molecule has 0 saturated carbocycles. The highest BCUT2D eigenvalue weighted by atomic mass is 16.6. The van der Waals surface area contributed by atoms with Gasteiger partial charge in [0.25, 0.3) is 5.76 Å². The standard InChI is InChI=1S/C7H11N3O3/c1-3-12-7(11)5-4(9-2)6(8)10-13-5/h9H,3H2,1-2H3,(H2,8,10). The van der Waals surface area contributed by atoms with Crippen LogP contribution in [0.5, 0.6) is 0 Å². The SMILES string of the molecule is CCOC(=O)c1onc(N)c1NC. The molecule has 0 spiro atoms. The van der Waals surface area contributed by atoms with E-state index < -0.39 is 5.97 Å². The maximum absolute atomic E-state index is 11.2. The van der Waals surface area contributed by atoms with Gasteiger partial charge in [-0.15, -0.1) is 0 Å². The van der Waals surface area contributed by atoms with Gasteiger partial charge in [0.05, 0.1) is 6.61 Å². The number of nitrogens with zero attached hydrogens (tertiary/aromatic N) is 1. The average molecular weight is 185 g/mol. The molecular weight excluding hydrogens is 174 g/mol. The molecule has 0 aliphatic rings. The van der Waals surface area contributed by atoms with Crippen molar-refractivity contribution in [3.63, 3.8) is 0 Å². The van der Waals surface area contributed by atoms with E-state index in [1.165, 1.54) is 0 Å². The summed E-state index contributed by atoms with van der Waals surface area (Å²) in [5.74, 6) is -0.427. The molecule has 0 atom stereocenters. The Balaban J connectivity index is 2.93. The first-order chi connectivity index (χ1) is 6.20. The Bertz CT molecular complexity index is 308. The monoisotopic (exact) mass is 185 g/mol. The van der Waals surface area contributed by atoms with Crippen LogP contribution < -0.4 is 11.1 Å². The fraction of sp³-hybridized carbons (Fsp3) is 0.429. The van der Waals surface area contributed by atoms with E-state index >= 15 is 0 Å². The number of carbonyl (C=O) groups excluding carboxylic acids is 1. The molecule has 13 heavy (non-hydrogen) atoms. The number of carbonyl (C=O) groups is 1. The summed E-state index contributed by atoms with van der Waals surface area (Å²) in [6, 6.07) is 0. The Morgan fingerprint density at radius 2 is 2.46 bits per heavy atom. The number of nitrogens with two attached hydrogens (primary N) is 1. The van der Waals surface area contributed by atoms with Crippen LogP contribution in [0.25, 0.3) is 0 Å². The molecule has 0 aromatic carbocycles. The minimum absolute atomic E-state index is 0.00171. The highest BCUT2D eigenvalue weighted by Gasteiger charge is 2.20. The molecule has 0 aliphatic carbocycles. The molecule has 6 heteroatoms. The lowest BCUT2D eigenvalue weighted by Crippen LogP contribution is -2.06. The number of hydrogen-bond acceptors (Lipinski definition) is 6. The van der Waals surface area contributed by atoms with Crippen LogP contribution in [0.2, 0.25) is 0 Å². The summed E-state index contributed by atoms with van der Waals surface area (Å²) < 4.78 is 9.40. The number of hydrogen-bond donors (Lipinski definition) is 2. The van der Waals surface area contributed by atoms with Crippen LogP contribution in [0.1, 0.15) is 17.5 Å². The second-order valence-corrected chi connectivity index (χ2v) is 2.24. The molecule has 0 bridgehead atoms. The second kappa shape index (κ2) is 3.79. The molecule has 0 unspecified atom stereocenters. The molecule has 1 aromatic heterocycles. The maximum atomic E-state index is 11.2. The summed E-state index contributed by atoms with van der Waals surface area (Å²) in [6.07, 6.45) is 0. The molecule has 72 valence electrons. The molecule has 6 nitrogen and oxygen atoms in total. The predicted molar refractivity (Wildman–Crippen MR) is 46.4 cm³/mol. The van der Waals surface area contributed by atoms with Crippen LogP contribution >= 0.6 is 0 Å². The number of nitrogens with one attached hydrogen (secondary N) is 1. The highest BCUT2D eigenvalue weighted by Crippen LogP contribution is 2.22. The Kier molecular flexibility index (Phi) is 2.73. The number of esters is 1. The van der Waals surface area contributed by atoms with Crippen LogP contribution in [-0.4, -0.2) is 24.8 Å². The summed E-state index contributed by atoms with van der Waals surface area (Å²) in [6.45, 7) is 1.99. The van der Waals surface area contributed by atoms with Crippen molar-refractivity contribution in [3.05, 3.63) is 5.76 Å². The predicted octanol–water partition coefficient (Wildman–Crippen LogP) is 0.475. The zero-order valence-corrected chi connectivity index (χ0v) is 7.46. The van der Waals surface area contributed by atoms with Crippen LogP contribution in [-0.2, 0) is 4.74 Å². The van der Waals surface area contributed by atoms with Gasteiger partial charge >= 0.3 is 5.97 Å². The van der Waals surface area contributed by atoms with Crippen molar-refractivity contribution in [1.82, 2.24) is 5.16 Å². The first-order valence-corrected chi connectivity index (χ1v) is 3.80. The van der Waals surface area contributed by atoms with Crippen LogP contribution in [0, 0.1) is 0 Å². The van der Waals surface area contributed by atoms with Gasteiger partial charge in [-0.1, -0.05) is 5.16 Å². The minimum Gasteiger partial charge on any atom is -0.460 e. The number of aromatic nitrogens is 1. The van der Waals surface area contributed by atoms with Crippen molar-refractivity contribution < 1.29 is 14.1 Å². The summed E-state index contributed by atoms with van der Waals surface area (Å²) in [4.78, 5) is 11.2. The summed E-state index contributed by atoms with van der Waals surface area (Å²) >= 11 is 0. The van der Waals surface area contributed by atoms with E-state index in [2.05, 4.69) is 15.0 Å².